The molecule has 0 saturated heterocycles. The van der Waals surface area contributed by atoms with Crippen molar-refractivity contribution in [2.75, 3.05) is 18.8 Å². The van der Waals surface area contributed by atoms with Crippen LogP contribution in [0.1, 0.15) is 27.7 Å². The molecule has 1 amide bonds. The molecule has 5 nitrogen and oxygen atoms in total. The molecule has 0 aliphatic heterocycles. The summed E-state index contributed by atoms with van der Waals surface area (Å²) in [5, 5.41) is 1.17. The summed E-state index contributed by atoms with van der Waals surface area (Å²) < 4.78 is 2.53. The molecular formula is C20H26BrN3O2S. The minimum absolute atomic E-state index is 0.0201. The Kier molecular flexibility index (Phi) is 7.68. The summed E-state index contributed by atoms with van der Waals surface area (Å²) in [6.07, 6.45) is 0. The van der Waals surface area contributed by atoms with Crippen LogP contribution in [0.25, 0.3) is 10.9 Å². The van der Waals surface area contributed by atoms with Gasteiger partial charge in [0.05, 0.1) is 16.7 Å². The lowest BCUT2D eigenvalue weighted by atomic mass is 10.2. The molecule has 0 bridgehead atoms. The number of hydrogen-bond acceptors (Lipinski definition) is 4. The van der Waals surface area contributed by atoms with E-state index in [4.69, 9.17) is 0 Å². The summed E-state index contributed by atoms with van der Waals surface area (Å²) in [6.45, 7) is 13.6. The van der Waals surface area contributed by atoms with E-state index in [-0.39, 0.29) is 17.2 Å². The number of rotatable bonds is 8. The first kappa shape index (κ1) is 21.7. The molecule has 0 radical (unpaired) electrons. The molecule has 0 N–H and O–H groups in total. The van der Waals surface area contributed by atoms with Crippen LogP contribution in [0.3, 0.4) is 0 Å². The molecule has 0 atom stereocenters. The molecule has 7 heteroatoms. The second-order valence-corrected chi connectivity index (χ2v) is 8.88. The van der Waals surface area contributed by atoms with Crippen molar-refractivity contribution in [1.82, 2.24) is 14.5 Å². The summed E-state index contributed by atoms with van der Waals surface area (Å²) in [5.74, 6) is 0.555. The number of aromatic nitrogens is 2. The molecule has 2 aromatic rings. The Bertz CT molecular complexity index is 908. The highest BCUT2D eigenvalue weighted by molar-refractivity contribution is 9.10. The van der Waals surface area contributed by atoms with Gasteiger partial charge in [0, 0.05) is 24.1 Å². The fraction of sp³-hybridized carbons (Fsp3) is 0.450. The van der Waals surface area contributed by atoms with E-state index in [0.717, 1.165) is 10.0 Å². The lowest BCUT2D eigenvalue weighted by Crippen LogP contribution is -2.34. The smallest absolute Gasteiger partial charge is 0.262 e. The number of carbonyl (C=O) groups excluding carboxylic acids is 1. The highest BCUT2D eigenvalue weighted by Gasteiger charge is 2.17. The molecule has 0 spiro atoms. The van der Waals surface area contributed by atoms with Gasteiger partial charge in [-0.3, -0.25) is 14.2 Å². The van der Waals surface area contributed by atoms with Crippen LogP contribution in [0.4, 0.5) is 0 Å². The van der Waals surface area contributed by atoms with Crippen LogP contribution >= 0.6 is 27.7 Å². The van der Waals surface area contributed by atoms with E-state index in [1.54, 1.807) is 15.5 Å². The van der Waals surface area contributed by atoms with Crippen molar-refractivity contribution >= 4 is 44.5 Å². The van der Waals surface area contributed by atoms with Crippen molar-refractivity contribution in [2.24, 2.45) is 5.92 Å². The summed E-state index contributed by atoms with van der Waals surface area (Å²) >= 11 is 4.74. The van der Waals surface area contributed by atoms with Gasteiger partial charge in [-0.15, -0.1) is 0 Å². The quantitative estimate of drug-likeness (QED) is 0.340. The van der Waals surface area contributed by atoms with Crippen LogP contribution in [0.5, 0.6) is 0 Å². The predicted molar refractivity (Wildman–Crippen MR) is 116 cm³/mol. The fourth-order valence-electron chi connectivity index (χ4n) is 2.73. The van der Waals surface area contributed by atoms with E-state index >= 15 is 0 Å². The predicted octanol–water partition coefficient (Wildman–Crippen LogP) is 4.33. The Hall–Kier alpha value is -1.60. The molecule has 0 aliphatic carbocycles. The Morgan fingerprint density at radius 2 is 2.11 bits per heavy atom. The van der Waals surface area contributed by atoms with Crippen LogP contribution in [0.15, 0.2) is 44.8 Å². The first-order valence-corrected chi connectivity index (χ1v) is 10.8. The highest BCUT2D eigenvalue weighted by atomic mass is 79.9. The lowest BCUT2D eigenvalue weighted by molar-refractivity contribution is -0.127. The molecule has 0 fully saturated rings. The molecule has 0 aliphatic rings. The van der Waals surface area contributed by atoms with E-state index < -0.39 is 0 Å². The number of benzene rings is 1. The highest BCUT2D eigenvalue weighted by Crippen LogP contribution is 2.21. The SMILES string of the molecule is C=C(C)CN(CC)C(=O)CSc1nc2ccc(Br)cc2c(=O)n1CC(C)C. The molecule has 1 aromatic heterocycles. The van der Waals surface area contributed by atoms with Gasteiger partial charge >= 0.3 is 0 Å². The van der Waals surface area contributed by atoms with Crippen LogP contribution in [-0.2, 0) is 11.3 Å². The number of amides is 1. The molecular weight excluding hydrogens is 426 g/mol. The third-order valence-electron chi connectivity index (χ3n) is 3.95. The monoisotopic (exact) mass is 451 g/mol. The third kappa shape index (κ3) is 5.69. The number of fused-ring (bicyclic) bond motifs is 1. The van der Waals surface area contributed by atoms with Gasteiger partial charge in [0.1, 0.15) is 0 Å². The van der Waals surface area contributed by atoms with Crippen molar-refractivity contribution in [2.45, 2.75) is 39.4 Å². The Balaban J connectivity index is 2.35. The van der Waals surface area contributed by atoms with E-state index in [9.17, 15) is 9.59 Å². The number of thioether (sulfide) groups is 1. The number of nitrogens with zero attached hydrogens (tertiary/aromatic N) is 3. The summed E-state index contributed by atoms with van der Waals surface area (Å²) in [7, 11) is 0. The number of carbonyl (C=O) groups is 1. The lowest BCUT2D eigenvalue weighted by Gasteiger charge is -2.21. The first-order valence-electron chi connectivity index (χ1n) is 8.98. The maximum atomic E-state index is 13.0. The van der Waals surface area contributed by atoms with Gasteiger partial charge in [-0.25, -0.2) is 4.98 Å². The van der Waals surface area contributed by atoms with E-state index in [1.807, 2.05) is 26.0 Å². The molecule has 27 heavy (non-hydrogen) atoms. The van der Waals surface area contributed by atoms with Gasteiger partial charge in [-0.1, -0.05) is 53.7 Å². The zero-order valence-electron chi connectivity index (χ0n) is 16.3. The summed E-state index contributed by atoms with van der Waals surface area (Å²) in [5.41, 5.74) is 1.52. The topological polar surface area (TPSA) is 55.2 Å². The van der Waals surface area contributed by atoms with E-state index in [2.05, 4.69) is 41.3 Å². The van der Waals surface area contributed by atoms with Gasteiger partial charge in [0.15, 0.2) is 5.16 Å². The fourth-order valence-corrected chi connectivity index (χ4v) is 4.00. The molecule has 0 saturated carbocycles. The van der Waals surface area contributed by atoms with Crippen LogP contribution in [0, 0.1) is 5.92 Å². The van der Waals surface area contributed by atoms with Gasteiger partial charge in [-0.05, 0) is 38.0 Å². The van der Waals surface area contributed by atoms with Gasteiger partial charge in [0.2, 0.25) is 5.91 Å². The standard InChI is InChI=1S/C20H26BrN3O2S/c1-6-23(10-13(2)3)18(25)12-27-20-22-17-8-7-15(21)9-16(17)19(26)24(20)11-14(4)5/h7-9,14H,2,6,10-12H2,1,3-5H3. The summed E-state index contributed by atoms with van der Waals surface area (Å²) in [6, 6.07) is 5.49. The molecule has 1 aromatic carbocycles. The number of halogens is 1. The number of likely N-dealkylation sites (N-methyl/N-ethyl adjacent to an activating group) is 1. The van der Waals surface area contributed by atoms with Crippen molar-refractivity contribution in [3.63, 3.8) is 0 Å². The molecule has 0 unspecified atom stereocenters. The van der Waals surface area contributed by atoms with E-state index in [1.165, 1.54) is 11.8 Å². The maximum Gasteiger partial charge on any atom is 0.262 e. The second kappa shape index (κ2) is 9.55. The van der Waals surface area contributed by atoms with Crippen LogP contribution < -0.4 is 5.56 Å². The van der Waals surface area contributed by atoms with Crippen molar-refractivity contribution in [3.8, 4) is 0 Å². The van der Waals surface area contributed by atoms with Crippen LogP contribution in [0.2, 0.25) is 0 Å². The second-order valence-electron chi connectivity index (χ2n) is 7.02. The number of hydrogen-bond donors (Lipinski definition) is 0. The van der Waals surface area contributed by atoms with Crippen LogP contribution in [-0.4, -0.2) is 39.2 Å². The zero-order valence-corrected chi connectivity index (χ0v) is 18.7. The Labute approximate surface area is 173 Å². The summed E-state index contributed by atoms with van der Waals surface area (Å²) in [4.78, 5) is 32.0. The minimum Gasteiger partial charge on any atom is -0.338 e. The van der Waals surface area contributed by atoms with E-state index in [0.29, 0.717) is 41.6 Å². The third-order valence-corrected chi connectivity index (χ3v) is 5.40. The zero-order chi connectivity index (χ0) is 20.1. The van der Waals surface area contributed by atoms with Gasteiger partial charge in [-0.2, -0.15) is 0 Å². The average molecular weight is 452 g/mol. The molecule has 1 heterocycles. The Morgan fingerprint density at radius 3 is 2.70 bits per heavy atom. The first-order chi connectivity index (χ1) is 12.7. The molecule has 146 valence electrons. The molecule has 2 rings (SSSR count). The normalized spacial score (nSPS) is 11.2. The minimum atomic E-state index is -0.0702. The van der Waals surface area contributed by atoms with Crippen molar-refractivity contribution in [1.29, 1.82) is 0 Å². The largest absolute Gasteiger partial charge is 0.338 e. The Morgan fingerprint density at radius 1 is 1.41 bits per heavy atom. The van der Waals surface area contributed by atoms with Gasteiger partial charge in [0.25, 0.3) is 5.56 Å². The average Bonchev–Trinajstić information content (AvgIpc) is 2.60. The van der Waals surface area contributed by atoms with Crippen molar-refractivity contribution in [3.05, 3.63) is 45.2 Å². The van der Waals surface area contributed by atoms with Gasteiger partial charge < -0.3 is 4.90 Å². The maximum absolute atomic E-state index is 13.0. The van der Waals surface area contributed by atoms with Crippen molar-refractivity contribution < 1.29 is 4.79 Å².